The first-order valence-corrected chi connectivity index (χ1v) is 4.97. The summed E-state index contributed by atoms with van der Waals surface area (Å²) in [6.07, 6.45) is 1.26. The summed E-state index contributed by atoms with van der Waals surface area (Å²) >= 11 is 0. The maximum atomic E-state index is 4.44. The molecule has 0 aliphatic carbocycles. The van der Waals surface area contributed by atoms with Gasteiger partial charge in [0.15, 0.2) is 0 Å². The molecule has 1 N–H and O–H groups in total. The maximum absolute atomic E-state index is 4.44. The Kier molecular flexibility index (Phi) is 2.36. The van der Waals surface area contributed by atoms with Crippen LogP contribution in [0.25, 0.3) is 0 Å². The van der Waals surface area contributed by atoms with E-state index in [9.17, 15) is 0 Å². The van der Waals surface area contributed by atoms with Crippen molar-refractivity contribution in [2.75, 3.05) is 13.1 Å². The number of rotatable bonds is 3. The maximum Gasteiger partial charge on any atom is 0.0596 e. The summed E-state index contributed by atoms with van der Waals surface area (Å²) in [5, 5.41) is 7.72. The van der Waals surface area contributed by atoms with Crippen LogP contribution in [-0.2, 0) is 6.54 Å². The van der Waals surface area contributed by atoms with Crippen molar-refractivity contribution in [1.82, 2.24) is 15.1 Å². The summed E-state index contributed by atoms with van der Waals surface area (Å²) in [7, 11) is 0. The molecule has 1 aromatic rings. The highest BCUT2D eigenvalue weighted by molar-refractivity contribution is 5.06. The number of aromatic nitrogens is 2. The van der Waals surface area contributed by atoms with Gasteiger partial charge >= 0.3 is 0 Å². The number of nitrogens with one attached hydrogen (secondary N) is 1. The Balaban J connectivity index is 1.89. The number of nitrogens with zero attached hydrogens (tertiary/aromatic N) is 2. The van der Waals surface area contributed by atoms with Gasteiger partial charge in [0.05, 0.1) is 5.69 Å². The van der Waals surface area contributed by atoms with Gasteiger partial charge in [-0.05, 0) is 45.3 Å². The van der Waals surface area contributed by atoms with Crippen LogP contribution in [0.15, 0.2) is 6.07 Å². The van der Waals surface area contributed by atoms with Crippen LogP contribution in [0.5, 0.6) is 0 Å². The third-order valence-electron chi connectivity index (χ3n) is 2.72. The molecule has 0 bridgehead atoms. The van der Waals surface area contributed by atoms with Gasteiger partial charge in [-0.25, -0.2) is 0 Å². The quantitative estimate of drug-likeness (QED) is 0.753. The van der Waals surface area contributed by atoms with Crippen LogP contribution >= 0.6 is 0 Å². The molecular weight excluding hydrogens is 162 g/mol. The lowest BCUT2D eigenvalue weighted by Gasteiger charge is -2.26. The molecule has 0 spiro atoms. The Hall–Kier alpha value is -0.830. The lowest BCUT2D eigenvalue weighted by Crippen LogP contribution is -2.42. The predicted octanol–water partition coefficient (Wildman–Crippen LogP) is 1.11. The minimum atomic E-state index is 0.879. The highest BCUT2D eigenvalue weighted by Gasteiger charge is 2.16. The Bertz CT molecular complexity index is 286. The van der Waals surface area contributed by atoms with Gasteiger partial charge in [-0.2, -0.15) is 5.10 Å². The number of hydrogen-bond donors (Lipinski definition) is 1. The minimum Gasteiger partial charge on any atom is -0.316 e. The van der Waals surface area contributed by atoms with Crippen LogP contribution in [0.1, 0.15) is 17.8 Å². The van der Waals surface area contributed by atoms with Crippen LogP contribution in [0.3, 0.4) is 0 Å². The van der Waals surface area contributed by atoms with Gasteiger partial charge in [-0.3, -0.25) is 4.68 Å². The molecule has 0 radical (unpaired) electrons. The summed E-state index contributed by atoms with van der Waals surface area (Å²) in [5.41, 5.74) is 2.41. The molecular formula is C10H17N3. The predicted molar refractivity (Wildman–Crippen MR) is 52.7 cm³/mol. The van der Waals surface area contributed by atoms with Crippen LogP contribution in [0, 0.1) is 19.8 Å². The summed E-state index contributed by atoms with van der Waals surface area (Å²) in [6, 6.07) is 2.14. The first-order valence-electron chi connectivity index (χ1n) is 4.97. The second-order valence-corrected chi connectivity index (χ2v) is 3.96. The minimum absolute atomic E-state index is 0.879. The first kappa shape index (κ1) is 8.75. The molecule has 1 fully saturated rings. The van der Waals surface area contributed by atoms with Crippen molar-refractivity contribution in [3.05, 3.63) is 17.5 Å². The fourth-order valence-electron chi connectivity index (χ4n) is 1.76. The van der Waals surface area contributed by atoms with Crippen LogP contribution in [0.4, 0.5) is 0 Å². The lowest BCUT2D eigenvalue weighted by molar-refractivity contribution is 0.305. The van der Waals surface area contributed by atoms with E-state index in [1.54, 1.807) is 0 Å². The largest absolute Gasteiger partial charge is 0.316 e. The molecule has 3 heteroatoms. The number of hydrogen-bond acceptors (Lipinski definition) is 2. The summed E-state index contributed by atoms with van der Waals surface area (Å²) in [6.45, 7) is 7.64. The Labute approximate surface area is 79.1 Å². The van der Waals surface area contributed by atoms with Crippen LogP contribution in [0.2, 0.25) is 0 Å². The molecule has 72 valence electrons. The zero-order chi connectivity index (χ0) is 9.26. The topological polar surface area (TPSA) is 29.9 Å². The van der Waals surface area contributed by atoms with Crippen molar-refractivity contribution in [2.24, 2.45) is 5.92 Å². The first-order chi connectivity index (χ1) is 6.25. The van der Waals surface area contributed by atoms with Gasteiger partial charge in [0.2, 0.25) is 0 Å². The molecule has 2 heterocycles. The standard InChI is InChI=1S/C10H17N3/c1-8-5-9(2)13(12-8)4-3-10-6-11-7-10/h5,10-11H,3-4,6-7H2,1-2H3. The van der Waals surface area contributed by atoms with Gasteiger partial charge in [-0.15, -0.1) is 0 Å². The Morgan fingerprint density at radius 2 is 2.31 bits per heavy atom. The zero-order valence-electron chi connectivity index (χ0n) is 8.38. The summed E-state index contributed by atoms with van der Waals surface area (Å²) in [4.78, 5) is 0. The van der Waals surface area contributed by atoms with Gasteiger partial charge < -0.3 is 5.32 Å². The van der Waals surface area contributed by atoms with E-state index < -0.39 is 0 Å². The van der Waals surface area contributed by atoms with E-state index in [2.05, 4.69) is 35.0 Å². The van der Waals surface area contributed by atoms with Crippen LogP contribution in [-0.4, -0.2) is 22.9 Å². The molecule has 1 aliphatic heterocycles. The van der Waals surface area contributed by atoms with Crippen molar-refractivity contribution in [2.45, 2.75) is 26.8 Å². The van der Waals surface area contributed by atoms with Crippen molar-refractivity contribution < 1.29 is 0 Å². The van der Waals surface area contributed by atoms with E-state index in [0.717, 1.165) is 18.2 Å². The second kappa shape index (κ2) is 3.50. The van der Waals surface area contributed by atoms with E-state index in [1.165, 1.54) is 25.2 Å². The molecule has 2 rings (SSSR count). The van der Waals surface area contributed by atoms with E-state index in [1.807, 2.05) is 0 Å². The van der Waals surface area contributed by atoms with Gasteiger partial charge in [0, 0.05) is 12.2 Å². The zero-order valence-corrected chi connectivity index (χ0v) is 8.38. The van der Waals surface area contributed by atoms with Gasteiger partial charge in [0.1, 0.15) is 0 Å². The van der Waals surface area contributed by atoms with E-state index in [4.69, 9.17) is 0 Å². The van der Waals surface area contributed by atoms with Gasteiger partial charge in [0.25, 0.3) is 0 Å². The fourth-order valence-corrected chi connectivity index (χ4v) is 1.76. The number of aryl methyl sites for hydroxylation is 3. The van der Waals surface area contributed by atoms with Crippen LogP contribution < -0.4 is 5.32 Å². The lowest BCUT2D eigenvalue weighted by atomic mass is 10.00. The van der Waals surface area contributed by atoms with Gasteiger partial charge in [-0.1, -0.05) is 0 Å². The third-order valence-corrected chi connectivity index (χ3v) is 2.72. The molecule has 13 heavy (non-hydrogen) atoms. The molecule has 1 saturated heterocycles. The normalized spacial score (nSPS) is 17.4. The molecule has 1 aliphatic rings. The molecule has 1 aromatic heterocycles. The van der Waals surface area contributed by atoms with Crippen molar-refractivity contribution in [1.29, 1.82) is 0 Å². The Morgan fingerprint density at radius 3 is 2.77 bits per heavy atom. The SMILES string of the molecule is Cc1cc(C)n(CCC2CNC2)n1. The average Bonchev–Trinajstić information content (AvgIpc) is 2.27. The average molecular weight is 179 g/mol. The second-order valence-electron chi connectivity index (χ2n) is 3.96. The molecule has 0 atom stereocenters. The van der Waals surface area contributed by atoms with E-state index >= 15 is 0 Å². The van der Waals surface area contributed by atoms with Crippen molar-refractivity contribution in [3.63, 3.8) is 0 Å². The fraction of sp³-hybridized carbons (Fsp3) is 0.700. The third kappa shape index (κ3) is 1.91. The van der Waals surface area contributed by atoms with E-state index in [0.29, 0.717) is 0 Å². The molecule has 3 nitrogen and oxygen atoms in total. The highest BCUT2D eigenvalue weighted by atomic mass is 15.3. The Morgan fingerprint density at radius 1 is 1.54 bits per heavy atom. The van der Waals surface area contributed by atoms with Crippen molar-refractivity contribution >= 4 is 0 Å². The highest BCUT2D eigenvalue weighted by Crippen LogP contribution is 2.11. The molecule has 0 amide bonds. The molecule has 0 aromatic carbocycles. The van der Waals surface area contributed by atoms with E-state index in [-0.39, 0.29) is 0 Å². The molecule has 0 saturated carbocycles. The molecule has 0 unspecified atom stereocenters. The monoisotopic (exact) mass is 179 g/mol. The summed E-state index contributed by atoms with van der Waals surface area (Å²) < 4.78 is 2.12. The summed E-state index contributed by atoms with van der Waals surface area (Å²) in [5.74, 6) is 0.879. The smallest absolute Gasteiger partial charge is 0.0596 e. The van der Waals surface area contributed by atoms with Crippen molar-refractivity contribution in [3.8, 4) is 0 Å².